The Bertz CT molecular complexity index is 365. The molecule has 0 bridgehead atoms. The first-order valence-electron chi connectivity index (χ1n) is 5.87. The van der Waals surface area contributed by atoms with Crippen molar-refractivity contribution >= 4 is 0 Å². The van der Waals surface area contributed by atoms with Crippen LogP contribution in [0.5, 0.6) is 0 Å². The summed E-state index contributed by atoms with van der Waals surface area (Å²) >= 11 is 0. The molecule has 0 radical (unpaired) electrons. The van der Waals surface area contributed by atoms with Crippen LogP contribution in [0.15, 0.2) is 24.3 Å². The summed E-state index contributed by atoms with van der Waals surface area (Å²) in [4.78, 5) is 0. The van der Waals surface area contributed by atoms with Crippen LogP contribution in [0.1, 0.15) is 24.1 Å². The third-order valence-corrected chi connectivity index (χ3v) is 2.56. The summed E-state index contributed by atoms with van der Waals surface area (Å²) in [6.45, 7) is 3.33. The van der Waals surface area contributed by atoms with Crippen LogP contribution < -0.4 is 5.32 Å². The van der Waals surface area contributed by atoms with Gasteiger partial charge in [0.05, 0.1) is 12.6 Å². The molecule has 0 saturated heterocycles. The molecule has 0 aliphatic rings. The maximum absolute atomic E-state index is 12.0. The SMILES string of the molecule is CCNC(COCC(F)(F)F)c1ccccc1C. The minimum absolute atomic E-state index is 0.0121. The molecule has 0 saturated carbocycles. The number of hydrogen-bond acceptors (Lipinski definition) is 2. The highest BCUT2D eigenvalue weighted by Crippen LogP contribution is 2.20. The molecular weight excluding hydrogens is 243 g/mol. The zero-order valence-corrected chi connectivity index (χ0v) is 10.6. The fraction of sp³-hybridized carbons (Fsp3) is 0.538. The Labute approximate surface area is 105 Å². The normalized spacial score (nSPS) is 13.6. The molecule has 0 fully saturated rings. The van der Waals surface area contributed by atoms with E-state index >= 15 is 0 Å². The summed E-state index contributed by atoms with van der Waals surface area (Å²) in [5, 5.41) is 3.13. The van der Waals surface area contributed by atoms with E-state index in [0.29, 0.717) is 6.54 Å². The zero-order chi connectivity index (χ0) is 13.6. The fourth-order valence-electron chi connectivity index (χ4n) is 1.78. The Morgan fingerprint density at radius 3 is 2.50 bits per heavy atom. The van der Waals surface area contributed by atoms with E-state index in [1.807, 2.05) is 38.1 Å². The molecule has 0 spiro atoms. The molecule has 102 valence electrons. The molecule has 0 aliphatic carbocycles. The predicted octanol–water partition coefficient (Wildman–Crippen LogP) is 3.22. The molecule has 0 heterocycles. The summed E-state index contributed by atoms with van der Waals surface area (Å²) in [7, 11) is 0. The molecule has 0 aliphatic heterocycles. The average Bonchev–Trinajstić information content (AvgIpc) is 2.27. The van der Waals surface area contributed by atoms with Gasteiger partial charge >= 0.3 is 6.18 Å². The lowest BCUT2D eigenvalue weighted by Crippen LogP contribution is -2.28. The van der Waals surface area contributed by atoms with Crippen molar-refractivity contribution < 1.29 is 17.9 Å². The largest absolute Gasteiger partial charge is 0.411 e. The average molecular weight is 261 g/mol. The monoisotopic (exact) mass is 261 g/mol. The van der Waals surface area contributed by atoms with Crippen LogP contribution in [0.3, 0.4) is 0 Å². The predicted molar refractivity (Wildman–Crippen MR) is 64.5 cm³/mol. The van der Waals surface area contributed by atoms with Gasteiger partial charge in [0.25, 0.3) is 0 Å². The van der Waals surface area contributed by atoms with Gasteiger partial charge in [0.15, 0.2) is 0 Å². The van der Waals surface area contributed by atoms with E-state index in [-0.39, 0.29) is 12.6 Å². The number of aryl methyl sites for hydroxylation is 1. The summed E-state index contributed by atoms with van der Waals surface area (Å²) in [6.07, 6.45) is -4.28. The van der Waals surface area contributed by atoms with Crippen LogP contribution in [0.25, 0.3) is 0 Å². The molecule has 0 amide bonds. The zero-order valence-electron chi connectivity index (χ0n) is 10.6. The van der Waals surface area contributed by atoms with Gasteiger partial charge in [-0.25, -0.2) is 0 Å². The van der Waals surface area contributed by atoms with Gasteiger partial charge in [-0.15, -0.1) is 0 Å². The number of nitrogens with one attached hydrogen (secondary N) is 1. The molecule has 1 atom stereocenters. The van der Waals surface area contributed by atoms with Crippen LogP contribution in [-0.2, 0) is 4.74 Å². The highest BCUT2D eigenvalue weighted by molar-refractivity contribution is 5.28. The second-order valence-corrected chi connectivity index (χ2v) is 4.10. The Morgan fingerprint density at radius 1 is 1.28 bits per heavy atom. The van der Waals surface area contributed by atoms with Gasteiger partial charge in [-0.05, 0) is 24.6 Å². The van der Waals surface area contributed by atoms with E-state index in [1.54, 1.807) is 0 Å². The summed E-state index contributed by atoms with van der Waals surface area (Å²) in [5.74, 6) is 0. The first-order valence-corrected chi connectivity index (χ1v) is 5.87. The van der Waals surface area contributed by atoms with Crippen molar-refractivity contribution in [3.8, 4) is 0 Å². The number of alkyl halides is 3. The number of likely N-dealkylation sites (N-methyl/N-ethyl adjacent to an activating group) is 1. The van der Waals surface area contributed by atoms with Crippen molar-refractivity contribution in [3.05, 3.63) is 35.4 Å². The lowest BCUT2D eigenvalue weighted by atomic mass is 10.0. The number of benzene rings is 1. The molecule has 1 rings (SSSR count). The molecule has 1 aromatic rings. The van der Waals surface area contributed by atoms with Gasteiger partial charge < -0.3 is 10.1 Å². The van der Waals surface area contributed by atoms with Crippen molar-refractivity contribution in [2.24, 2.45) is 0 Å². The van der Waals surface area contributed by atoms with Gasteiger partial charge in [-0.2, -0.15) is 13.2 Å². The van der Waals surface area contributed by atoms with Crippen molar-refractivity contribution in [2.75, 3.05) is 19.8 Å². The summed E-state index contributed by atoms with van der Waals surface area (Å²) < 4.78 is 40.8. The third-order valence-electron chi connectivity index (χ3n) is 2.56. The Morgan fingerprint density at radius 2 is 1.94 bits per heavy atom. The van der Waals surface area contributed by atoms with Crippen LogP contribution in [0.4, 0.5) is 13.2 Å². The maximum Gasteiger partial charge on any atom is 0.411 e. The van der Waals surface area contributed by atoms with E-state index < -0.39 is 12.8 Å². The number of ether oxygens (including phenoxy) is 1. The van der Waals surface area contributed by atoms with Crippen LogP contribution in [-0.4, -0.2) is 25.9 Å². The standard InChI is InChI=1S/C13H18F3NO/c1-3-17-12(8-18-9-13(14,15)16)11-7-5-4-6-10(11)2/h4-7,12,17H,3,8-9H2,1-2H3. The fourth-order valence-corrected chi connectivity index (χ4v) is 1.78. The highest BCUT2D eigenvalue weighted by atomic mass is 19.4. The Hall–Kier alpha value is -1.07. The van der Waals surface area contributed by atoms with Crippen molar-refractivity contribution in [1.82, 2.24) is 5.32 Å². The third kappa shape index (κ3) is 5.06. The molecule has 1 N–H and O–H groups in total. The maximum atomic E-state index is 12.0. The molecule has 5 heteroatoms. The van der Waals surface area contributed by atoms with Crippen LogP contribution in [0.2, 0.25) is 0 Å². The van der Waals surface area contributed by atoms with Crippen molar-refractivity contribution in [3.63, 3.8) is 0 Å². The number of hydrogen-bond donors (Lipinski definition) is 1. The lowest BCUT2D eigenvalue weighted by molar-refractivity contribution is -0.175. The van der Waals surface area contributed by atoms with E-state index in [2.05, 4.69) is 5.32 Å². The molecule has 2 nitrogen and oxygen atoms in total. The van der Waals surface area contributed by atoms with E-state index in [0.717, 1.165) is 11.1 Å². The first-order chi connectivity index (χ1) is 8.44. The Balaban J connectivity index is 2.63. The van der Waals surface area contributed by atoms with E-state index in [4.69, 9.17) is 4.74 Å². The van der Waals surface area contributed by atoms with Crippen molar-refractivity contribution in [1.29, 1.82) is 0 Å². The molecule has 18 heavy (non-hydrogen) atoms. The van der Waals surface area contributed by atoms with Crippen LogP contribution >= 0.6 is 0 Å². The number of rotatable bonds is 6. The second-order valence-electron chi connectivity index (χ2n) is 4.10. The Kier molecular flexibility index (Phi) is 5.62. The molecular formula is C13H18F3NO. The van der Waals surface area contributed by atoms with Crippen molar-refractivity contribution in [2.45, 2.75) is 26.1 Å². The van der Waals surface area contributed by atoms with E-state index in [1.165, 1.54) is 0 Å². The topological polar surface area (TPSA) is 21.3 Å². The first kappa shape index (κ1) is 15.0. The second kappa shape index (κ2) is 6.75. The van der Waals surface area contributed by atoms with Crippen LogP contribution in [0, 0.1) is 6.92 Å². The quantitative estimate of drug-likeness (QED) is 0.849. The van der Waals surface area contributed by atoms with Gasteiger partial charge in [0.1, 0.15) is 6.61 Å². The number of halogens is 3. The minimum Gasteiger partial charge on any atom is -0.370 e. The van der Waals surface area contributed by atoms with E-state index in [9.17, 15) is 13.2 Å². The highest BCUT2D eigenvalue weighted by Gasteiger charge is 2.28. The smallest absolute Gasteiger partial charge is 0.370 e. The van der Waals surface area contributed by atoms with Gasteiger partial charge in [-0.1, -0.05) is 31.2 Å². The summed E-state index contributed by atoms with van der Waals surface area (Å²) in [5.41, 5.74) is 2.01. The molecule has 1 aromatic carbocycles. The van der Waals surface area contributed by atoms with Gasteiger partial charge in [0, 0.05) is 0 Å². The van der Waals surface area contributed by atoms with Gasteiger partial charge in [0.2, 0.25) is 0 Å². The lowest BCUT2D eigenvalue weighted by Gasteiger charge is -2.20. The minimum atomic E-state index is -4.28. The van der Waals surface area contributed by atoms with Gasteiger partial charge in [-0.3, -0.25) is 0 Å². The molecule has 0 aromatic heterocycles. The molecule has 1 unspecified atom stereocenters. The summed E-state index contributed by atoms with van der Waals surface area (Å²) in [6, 6.07) is 7.40.